The molecule has 1 aliphatic rings. The van der Waals surface area contributed by atoms with Gasteiger partial charge in [-0.25, -0.2) is 15.0 Å². The molecular weight excluding hydrogens is 290 g/mol. The summed E-state index contributed by atoms with van der Waals surface area (Å²) in [6, 6.07) is 7.47. The summed E-state index contributed by atoms with van der Waals surface area (Å²) in [5.74, 6) is 2.03. The quantitative estimate of drug-likeness (QED) is 0.863. The van der Waals surface area contributed by atoms with E-state index in [0.29, 0.717) is 24.0 Å². The Labute approximate surface area is 135 Å². The van der Waals surface area contributed by atoms with Crippen molar-refractivity contribution < 1.29 is 4.74 Å². The standard InChI is InChI=1S/C17H19N5O/c1-13-8-16(21-12-20-13)22-6-3-14(4-7-22)11-23-17-9-15(10-18)2-5-19-17/h2,5,8-9,12,14H,3-4,6-7,11H2,1H3. The number of nitriles is 1. The molecule has 0 N–H and O–H groups in total. The van der Waals surface area contributed by atoms with Gasteiger partial charge in [0.05, 0.1) is 18.2 Å². The predicted octanol–water partition coefficient (Wildman–Crippen LogP) is 2.35. The SMILES string of the molecule is Cc1cc(N2CCC(COc3cc(C#N)ccn3)CC2)ncn1. The second kappa shape index (κ2) is 7.05. The molecule has 2 aromatic heterocycles. The lowest BCUT2D eigenvalue weighted by atomic mass is 9.98. The van der Waals surface area contributed by atoms with E-state index in [9.17, 15) is 0 Å². The number of aryl methyl sites for hydroxylation is 1. The summed E-state index contributed by atoms with van der Waals surface area (Å²) < 4.78 is 5.74. The first-order chi connectivity index (χ1) is 11.2. The van der Waals surface area contributed by atoms with Crippen LogP contribution in [0.1, 0.15) is 24.1 Å². The van der Waals surface area contributed by atoms with Crippen molar-refractivity contribution in [2.24, 2.45) is 5.92 Å². The molecule has 1 aliphatic heterocycles. The highest BCUT2D eigenvalue weighted by Gasteiger charge is 2.21. The van der Waals surface area contributed by atoms with Gasteiger partial charge >= 0.3 is 0 Å². The van der Waals surface area contributed by atoms with E-state index >= 15 is 0 Å². The fraction of sp³-hybridized carbons (Fsp3) is 0.412. The molecule has 0 saturated carbocycles. The molecular formula is C17H19N5O. The number of ether oxygens (including phenoxy) is 1. The van der Waals surface area contributed by atoms with Crippen LogP contribution in [0.3, 0.4) is 0 Å². The molecule has 2 aromatic rings. The van der Waals surface area contributed by atoms with Crippen LogP contribution in [0.15, 0.2) is 30.7 Å². The van der Waals surface area contributed by atoms with Crippen molar-refractivity contribution in [3.63, 3.8) is 0 Å². The van der Waals surface area contributed by atoms with E-state index < -0.39 is 0 Å². The second-order valence-corrected chi connectivity index (χ2v) is 5.75. The van der Waals surface area contributed by atoms with Gasteiger partial charge < -0.3 is 9.64 Å². The van der Waals surface area contributed by atoms with Gasteiger partial charge in [0.25, 0.3) is 0 Å². The van der Waals surface area contributed by atoms with Gasteiger partial charge in [0, 0.05) is 37.1 Å². The van der Waals surface area contributed by atoms with Gasteiger partial charge in [0.1, 0.15) is 12.1 Å². The summed E-state index contributed by atoms with van der Waals surface area (Å²) >= 11 is 0. The van der Waals surface area contributed by atoms with Crippen LogP contribution in [0.4, 0.5) is 5.82 Å². The predicted molar refractivity (Wildman–Crippen MR) is 86.2 cm³/mol. The Morgan fingerprint density at radius 2 is 2.09 bits per heavy atom. The van der Waals surface area contributed by atoms with Gasteiger partial charge in [-0.15, -0.1) is 0 Å². The first kappa shape index (κ1) is 15.2. The van der Waals surface area contributed by atoms with Crippen molar-refractivity contribution >= 4 is 5.82 Å². The number of pyridine rings is 1. The number of hydrogen-bond acceptors (Lipinski definition) is 6. The van der Waals surface area contributed by atoms with E-state index in [1.807, 2.05) is 13.0 Å². The van der Waals surface area contributed by atoms with Crippen molar-refractivity contribution in [2.75, 3.05) is 24.6 Å². The maximum atomic E-state index is 8.89. The van der Waals surface area contributed by atoms with Crippen molar-refractivity contribution in [1.29, 1.82) is 5.26 Å². The first-order valence-corrected chi connectivity index (χ1v) is 7.77. The molecule has 0 spiro atoms. The lowest BCUT2D eigenvalue weighted by Gasteiger charge is -2.32. The number of hydrogen-bond donors (Lipinski definition) is 0. The topological polar surface area (TPSA) is 74.9 Å². The molecule has 23 heavy (non-hydrogen) atoms. The molecule has 0 unspecified atom stereocenters. The minimum absolute atomic E-state index is 0.502. The fourth-order valence-corrected chi connectivity index (χ4v) is 2.70. The zero-order chi connectivity index (χ0) is 16.1. The maximum Gasteiger partial charge on any atom is 0.214 e. The molecule has 0 aliphatic carbocycles. The van der Waals surface area contributed by atoms with Crippen LogP contribution in [0.5, 0.6) is 5.88 Å². The van der Waals surface area contributed by atoms with Gasteiger partial charge in [0.2, 0.25) is 5.88 Å². The lowest BCUT2D eigenvalue weighted by Crippen LogP contribution is -2.36. The molecule has 0 aromatic carbocycles. The maximum absolute atomic E-state index is 8.89. The van der Waals surface area contributed by atoms with E-state index in [-0.39, 0.29) is 0 Å². The average Bonchev–Trinajstić information content (AvgIpc) is 2.60. The zero-order valence-corrected chi connectivity index (χ0v) is 13.1. The Hall–Kier alpha value is -2.68. The van der Waals surface area contributed by atoms with Crippen LogP contribution < -0.4 is 9.64 Å². The van der Waals surface area contributed by atoms with Crippen LogP contribution in [0.2, 0.25) is 0 Å². The fourth-order valence-electron chi connectivity index (χ4n) is 2.70. The number of aromatic nitrogens is 3. The van der Waals surface area contributed by atoms with E-state index in [1.54, 1.807) is 24.7 Å². The van der Waals surface area contributed by atoms with E-state index in [4.69, 9.17) is 10.00 Å². The number of nitrogens with zero attached hydrogens (tertiary/aromatic N) is 5. The average molecular weight is 309 g/mol. The largest absolute Gasteiger partial charge is 0.477 e. The van der Waals surface area contributed by atoms with Gasteiger partial charge in [-0.3, -0.25) is 0 Å². The minimum atomic E-state index is 0.502. The van der Waals surface area contributed by atoms with E-state index in [1.165, 1.54) is 0 Å². The highest BCUT2D eigenvalue weighted by atomic mass is 16.5. The third kappa shape index (κ3) is 3.95. The monoisotopic (exact) mass is 309 g/mol. The zero-order valence-electron chi connectivity index (χ0n) is 13.1. The molecule has 0 radical (unpaired) electrons. The molecule has 0 amide bonds. The third-order valence-electron chi connectivity index (χ3n) is 4.06. The molecule has 1 fully saturated rings. The van der Waals surface area contributed by atoms with Crippen molar-refractivity contribution in [3.8, 4) is 11.9 Å². The molecule has 6 nitrogen and oxygen atoms in total. The van der Waals surface area contributed by atoms with Crippen molar-refractivity contribution in [2.45, 2.75) is 19.8 Å². The number of anilines is 1. The van der Waals surface area contributed by atoms with Crippen LogP contribution in [-0.4, -0.2) is 34.6 Å². The second-order valence-electron chi connectivity index (χ2n) is 5.75. The molecule has 118 valence electrons. The molecule has 6 heteroatoms. The third-order valence-corrected chi connectivity index (χ3v) is 4.06. The van der Waals surface area contributed by atoms with Crippen LogP contribution in [0.25, 0.3) is 0 Å². The Morgan fingerprint density at radius 1 is 1.26 bits per heavy atom. The van der Waals surface area contributed by atoms with Gasteiger partial charge in [-0.2, -0.15) is 5.26 Å². The van der Waals surface area contributed by atoms with Crippen LogP contribution >= 0.6 is 0 Å². The summed E-state index contributed by atoms with van der Waals surface area (Å²) in [5, 5.41) is 8.89. The number of rotatable bonds is 4. The number of piperidine rings is 1. The highest BCUT2D eigenvalue weighted by Crippen LogP contribution is 2.22. The van der Waals surface area contributed by atoms with Gasteiger partial charge in [-0.05, 0) is 31.7 Å². The van der Waals surface area contributed by atoms with E-state index in [2.05, 4.69) is 25.9 Å². The minimum Gasteiger partial charge on any atom is -0.477 e. The Kier molecular flexibility index (Phi) is 4.67. The Morgan fingerprint density at radius 3 is 2.83 bits per heavy atom. The van der Waals surface area contributed by atoms with E-state index in [0.717, 1.165) is 37.4 Å². The molecule has 3 rings (SSSR count). The summed E-state index contributed by atoms with van der Waals surface area (Å²) in [6.07, 6.45) is 5.34. The summed E-state index contributed by atoms with van der Waals surface area (Å²) in [5.41, 5.74) is 1.56. The van der Waals surface area contributed by atoms with Crippen LogP contribution in [-0.2, 0) is 0 Å². The van der Waals surface area contributed by atoms with Crippen LogP contribution in [0, 0.1) is 24.2 Å². The molecule has 0 bridgehead atoms. The smallest absolute Gasteiger partial charge is 0.214 e. The summed E-state index contributed by atoms with van der Waals surface area (Å²) in [6.45, 7) is 4.55. The summed E-state index contributed by atoms with van der Waals surface area (Å²) in [4.78, 5) is 14.9. The van der Waals surface area contributed by atoms with Gasteiger partial charge in [-0.1, -0.05) is 0 Å². The lowest BCUT2D eigenvalue weighted by molar-refractivity contribution is 0.216. The van der Waals surface area contributed by atoms with Crippen molar-refractivity contribution in [1.82, 2.24) is 15.0 Å². The Bertz CT molecular complexity index is 704. The Balaban J connectivity index is 1.50. The summed E-state index contributed by atoms with van der Waals surface area (Å²) in [7, 11) is 0. The molecule has 0 atom stereocenters. The normalized spacial score (nSPS) is 15.2. The molecule has 1 saturated heterocycles. The highest BCUT2D eigenvalue weighted by molar-refractivity contribution is 5.39. The molecule has 3 heterocycles. The first-order valence-electron chi connectivity index (χ1n) is 7.77. The van der Waals surface area contributed by atoms with Gasteiger partial charge in [0.15, 0.2) is 0 Å². The van der Waals surface area contributed by atoms with Crippen molar-refractivity contribution in [3.05, 3.63) is 42.0 Å².